The van der Waals surface area contributed by atoms with Crippen molar-refractivity contribution < 1.29 is 13.2 Å². The fourth-order valence-electron chi connectivity index (χ4n) is 2.38. The van der Waals surface area contributed by atoms with E-state index in [1.54, 1.807) is 37.3 Å². The topological polar surface area (TPSA) is 34.9 Å². The van der Waals surface area contributed by atoms with Crippen molar-refractivity contribution in [2.45, 2.75) is 13.1 Å². The van der Waals surface area contributed by atoms with E-state index in [4.69, 9.17) is 0 Å². The lowest BCUT2D eigenvalue weighted by Gasteiger charge is -2.13. The van der Waals surface area contributed by atoms with Crippen molar-refractivity contribution in [3.05, 3.63) is 70.3 Å². The predicted molar refractivity (Wildman–Crippen MR) is 77.1 cm³/mol. The summed E-state index contributed by atoms with van der Waals surface area (Å²) in [5, 5.41) is 0.511. The monoisotopic (exact) mass is 304 g/mol. The van der Waals surface area contributed by atoms with Gasteiger partial charge < -0.3 is 0 Å². The maximum Gasteiger partial charge on any atom is 0.416 e. The minimum absolute atomic E-state index is 0.193. The van der Waals surface area contributed by atoms with E-state index in [1.807, 2.05) is 0 Å². The summed E-state index contributed by atoms with van der Waals surface area (Å²) in [6.07, 6.45) is -4.47. The van der Waals surface area contributed by atoms with Gasteiger partial charge in [-0.15, -0.1) is 0 Å². The van der Waals surface area contributed by atoms with Crippen LogP contribution in [0.25, 0.3) is 16.6 Å². The van der Waals surface area contributed by atoms with Gasteiger partial charge in [-0.1, -0.05) is 24.3 Å². The van der Waals surface area contributed by atoms with E-state index in [1.165, 1.54) is 10.6 Å². The Morgan fingerprint density at radius 2 is 1.73 bits per heavy atom. The lowest BCUT2D eigenvalue weighted by Crippen LogP contribution is -2.23. The van der Waals surface area contributed by atoms with Crippen molar-refractivity contribution in [1.82, 2.24) is 9.55 Å². The van der Waals surface area contributed by atoms with E-state index in [2.05, 4.69) is 4.98 Å². The summed E-state index contributed by atoms with van der Waals surface area (Å²) < 4.78 is 40.0. The van der Waals surface area contributed by atoms with Gasteiger partial charge in [-0.05, 0) is 31.2 Å². The second-order valence-corrected chi connectivity index (χ2v) is 4.88. The molecule has 0 radical (unpaired) electrons. The van der Waals surface area contributed by atoms with Crippen molar-refractivity contribution in [2.24, 2.45) is 0 Å². The normalized spacial score (nSPS) is 11.8. The molecular formula is C16H11F3N2O. The van der Waals surface area contributed by atoms with Gasteiger partial charge in [0.05, 0.1) is 22.5 Å². The van der Waals surface area contributed by atoms with Gasteiger partial charge in [-0.3, -0.25) is 4.57 Å². The van der Waals surface area contributed by atoms with Gasteiger partial charge in [0.1, 0.15) is 0 Å². The zero-order valence-electron chi connectivity index (χ0n) is 11.6. The molecule has 0 amide bonds. The molecule has 0 aliphatic carbocycles. The highest BCUT2D eigenvalue weighted by Crippen LogP contribution is 2.32. The van der Waals surface area contributed by atoms with Crippen LogP contribution in [0.1, 0.15) is 11.3 Å². The number of hydrogen-bond donors (Lipinski definition) is 0. The quantitative estimate of drug-likeness (QED) is 0.687. The summed E-state index contributed by atoms with van der Waals surface area (Å²) in [6.45, 7) is 1.60. The third kappa shape index (κ3) is 2.36. The minimum Gasteiger partial charge on any atom is -0.260 e. The molecule has 0 aliphatic heterocycles. The molecule has 0 bridgehead atoms. The Labute approximate surface area is 123 Å². The highest BCUT2D eigenvalue weighted by molar-refractivity contribution is 5.83. The van der Waals surface area contributed by atoms with E-state index in [-0.39, 0.29) is 5.52 Å². The fourth-order valence-corrected chi connectivity index (χ4v) is 2.38. The molecule has 0 aliphatic rings. The summed E-state index contributed by atoms with van der Waals surface area (Å²) in [5.41, 5.74) is -0.325. The molecule has 22 heavy (non-hydrogen) atoms. The Hall–Kier alpha value is -2.63. The minimum atomic E-state index is -4.47. The standard InChI is InChI=1S/C16H11F3N2O/c1-10-13-8-7-11(16(17,18)19)9-14(13)21(15(22)20-10)12-5-3-2-4-6-12/h2-9H,1H3. The molecule has 0 spiro atoms. The van der Waals surface area contributed by atoms with Crippen LogP contribution in [0.3, 0.4) is 0 Å². The molecule has 3 rings (SSSR count). The molecule has 0 saturated heterocycles. The Kier molecular flexibility index (Phi) is 3.24. The summed E-state index contributed by atoms with van der Waals surface area (Å²) >= 11 is 0. The Morgan fingerprint density at radius 3 is 2.36 bits per heavy atom. The van der Waals surface area contributed by atoms with Gasteiger partial charge in [-0.25, -0.2) is 4.79 Å². The van der Waals surface area contributed by atoms with Gasteiger partial charge in [0.15, 0.2) is 0 Å². The van der Waals surface area contributed by atoms with Crippen LogP contribution in [-0.4, -0.2) is 9.55 Å². The molecule has 0 N–H and O–H groups in total. The Bertz CT molecular complexity index is 899. The number of alkyl halides is 3. The van der Waals surface area contributed by atoms with E-state index >= 15 is 0 Å². The molecular weight excluding hydrogens is 293 g/mol. The molecule has 0 atom stereocenters. The average Bonchev–Trinajstić information content (AvgIpc) is 2.47. The van der Waals surface area contributed by atoms with Crippen molar-refractivity contribution in [1.29, 1.82) is 0 Å². The molecule has 2 aromatic carbocycles. The van der Waals surface area contributed by atoms with Crippen LogP contribution < -0.4 is 5.69 Å². The first-order chi connectivity index (χ1) is 10.4. The largest absolute Gasteiger partial charge is 0.416 e. The molecule has 112 valence electrons. The van der Waals surface area contributed by atoms with Crippen LogP contribution in [0.2, 0.25) is 0 Å². The number of aryl methyl sites for hydroxylation is 1. The van der Waals surface area contributed by atoms with Gasteiger partial charge >= 0.3 is 11.9 Å². The number of hydrogen-bond acceptors (Lipinski definition) is 2. The predicted octanol–water partition coefficient (Wildman–Crippen LogP) is 3.71. The zero-order chi connectivity index (χ0) is 15.9. The summed E-state index contributed by atoms with van der Waals surface area (Å²) in [6, 6.07) is 11.8. The third-order valence-corrected chi connectivity index (χ3v) is 3.42. The van der Waals surface area contributed by atoms with E-state index in [0.29, 0.717) is 16.8 Å². The third-order valence-electron chi connectivity index (χ3n) is 3.42. The summed E-state index contributed by atoms with van der Waals surface area (Å²) in [7, 11) is 0. The van der Waals surface area contributed by atoms with Gasteiger partial charge in [0.25, 0.3) is 0 Å². The highest BCUT2D eigenvalue weighted by Gasteiger charge is 2.31. The summed E-state index contributed by atoms with van der Waals surface area (Å²) in [5.74, 6) is 0. The zero-order valence-corrected chi connectivity index (χ0v) is 11.6. The number of nitrogens with zero attached hydrogens (tertiary/aromatic N) is 2. The van der Waals surface area contributed by atoms with Crippen LogP contribution in [0.15, 0.2) is 53.3 Å². The van der Waals surface area contributed by atoms with Crippen LogP contribution >= 0.6 is 0 Å². The number of halogens is 3. The number of benzene rings is 2. The van der Waals surface area contributed by atoms with E-state index < -0.39 is 17.4 Å². The maximum atomic E-state index is 12.9. The van der Waals surface area contributed by atoms with Crippen molar-refractivity contribution in [3.8, 4) is 5.69 Å². The van der Waals surface area contributed by atoms with E-state index in [9.17, 15) is 18.0 Å². The lowest BCUT2D eigenvalue weighted by atomic mass is 10.1. The first-order valence-corrected chi connectivity index (χ1v) is 6.54. The first-order valence-electron chi connectivity index (χ1n) is 6.54. The fraction of sp³-hybridized carbons (Fsp3) is 0.125. The highest BCUT2D eigenvalue weighted by atomic mass is 19.4. The maximum absolute atomic E-state index is 12.9. The van der Waals surface area contributed by atoms with Crippen molar-refractivity contribution in [3.63, 3.8) is 0 Å². The van der Waals surface area contributed by atoms with Crippen molar-refractivity contribution in [2.75, 3.05) is 0 Å². The lowest BCUT2D eigenvalue weighted by molar-refractivity contribution is -0.137. The second-order valence-electron chi connectivity index (χ2n) is 4.88. The van der Waals surface area contributed by atoms with Gasteiger partial charge in [0, 0.05) is 5.39 Å². The van der Waals surface area contributed by atoms with Crippen LogP contribution in [0.4, 0.5) is 13.2 Å². The molecule has 1 aromatic heterocycles. The van der Waals surface area contributed by atoms with E-state index in [0.717, 1.165) is 12.1 Å². The molecule has 3 nitrogen and oxygen atoms in total. The number of para-hydroxylation sites is 1. The number of aromatic nitrogens is 2. The molecule has 0 unspecified atom stereocenters. The molecule has 1 heterocycles. The molecule has 6 heteroatoms. The first kappa shape index (κ1) is 14.3. The summed E-state index contributed by atoms with van der Waals surface area (Å²) in [4.78, 5) is 16.1. The molecule has 3 aromatic rings. The van der Waals surface area contributed by atoms with Crippen LogP contribution in [0.5, 0.6) is 0 Å². The molecule has 0 saturated carbocycles. The van der Waals surface area contributed by atoms with Gasteiger partial charge in [-0.2, -0.15) is 18.2 Å². The SMILES string of the molecule is Cc1nc(=O)n(-c2ccccc2)c2cc(C(F)(F)F)ccc12. The van der Waals surface area contributed by atoms with Crippen LogP contribution in [0, 0.1) is 6.92 Å². The average molecular weight is 304 g/mol. The van der Waals surface area contributed by atoms with Crippen molar-refractivity contribution >= 4 is 10.9 Å². The second kappa shape index (κ2) is 4.98. The smallest absolute Gasteiger partial charge is 0.260 e. The Morgan fingerprint density at radius 1 is 1.05 bits per heavy atom. The van der Waals surface area contributed by atoms with Crippen LogP contribution in [-0.2, 0) is 6.18 Å². The Balaban J connectivity index is 2.42. The number of rotatable bonds is 1. The van der Waals surface area contributed by atoms with Gasteiger partial charge in [0.2, 0.25) is 0 Å². The number of fused-ring (bicyclic) bond motifs is 1. The molecule has 0 fully saturated rings.